The summed E-state index contributed by atoms with van der Waals surface area (Å²) in [5.41, 5.74) is 0.783. The molecule has 1 aromatic carbocycles. The van der Waals surface area contributed by atoms with Gasteiger partial charge in [-0.15, -0.1) is 0 Å². The number of fused-ring (bicyclic) bond motifs is 2. The van der Waals surface area contributed by atoms with E-state index in [0.29, 0.717) is 53.4 Å². The summed E-state index contributed by atoms with van der Waals surface area (Å²) in [6.07, 6.45) is 3.72. The molecule has 1 saturated heterocycles. The van der Waals surface area contributed by atoms with Crippen molar-refractivity contribution in [1.82, 2.24) is 29.7 Å². The first-order valence-corrected chi connectivity index (χ1v) is 15.1. The number of carbonyl (C=O) groups is 2. The largest absolute Gasteiger partial charge is 0.454 e. The monoisotopic (exact) mass is 647 g/mol. The number of imidazole rings is 1. The van der Waals surface area contributed by atoms with E-state index >= 15 is 0 Å². The molecule has 1 atom stereocenters. The number of likely N-dealkylation sites (tertiary alicyclic amines) is 1. The fourth-order valence-electron chi connectivity index (χ4n) is 4.84. The third-order valence-electron chi connectivity index (χ3n) is 6.94. The summed E-state index contributed by atoms with van der Waals surface area (Å²) in [4.78, 5) is 39.9. The van der Waals surface area contributed by atoms with Gasteiger partial charge in [-0.05, 0) is 80.9 Å². The lowest BCUT2D eigenvalue weighted by atomic mass is 9.93. The average molecular weight is 649 g/mol. The molecule has 2 aliphatic heterocycles. The van der Waals surface area contributed by atoms with Crippen molar-refractivity contribution in [1.29, 1.82) is 5.41 Å². The van der Waals surface area contributed by atoms with Crippen LogP contribution >= 0.6 is 27.7 Å². The Morgan fingerprint density at radius 1 is 1.27 bits per heavy atom. The molecule has 4 heterocycles. The summed E-state index contributed by atoms with van der Waals surface area (Å²) >= 11 is 5.03. The van der Waals surface area contributed by atoms with Crippen LogP contribution in [-0.2, 0) is 16.1 Å². The number of benzene rings is 1. The molecule has 3 N–H and O–H groups in total. The number of aromatic amines is 1. The minimum Gasteiger partial charge on any atom is -0.454 e. The Kier molecular flexibility index (Phi) is 8.50. The Hall–Kier alpha value is -3.26. The zero-order chi connectivity index (χ0) is 29.3. The third kappa shape index (κ3) is 6.97. The van der Waals surface area contributed by atoms with Gasteiger partial charge in [0.05, 0.1) is 6.33 Å². The molecule has 5 rings (SSSR count). The number of nitrogens with one attached hydrogen (secondary N) is 3. The van der Waals surface area contributed by atoms with Gasteiger partial charge in [0.2, 0.25) is 12.7 Å². The predicted octanol–water partition coefficient (Wildman–Crippen LogP) is 4.42. The van der Waals surface area contributed by atoms with Gasteiger partial charge in [0.15, 0.2) is 27.8 Å². The number of hydrogen-bond acceptors (Lipinski definition) is 9. The Morgan fingerprint density at radius 3 is 2.68 bits per heavy atom. The molecular formula is C27H34BrN7O5S. The van der Waals surface area contributed by atoms with Gasteiger partial charge < -0.3 is 34.0 Å². The van der Waals surface area contributed by atoms with Crippen LogP contribution in [0.25, 0.3) is 11.2 Å². The van der Waals surface area contributed by atoms with E-state index in [1.807, 2.05) is 21.6 Å². The fraction of sp³-hybridized carbons (Fsp3) is 0.519. The molecule has 0 saturated carbocycles. The Morgan fingerprint density at radius 2 is 1.98 bits per heavy atom. The van der Waals surface area contributed by atoms with Gasteiger partial charge in [-0.3, -0.25) is 10.2 Å². The van der Waals surface area contributed by atoms with Crippen LogP contribution in [-0.4, -0.2) is 67.9 Å². The molecule has 2 amide bonds. The summed E-state index contributed by atoms with van der Waals surface area (Å²) in [5.74, 6) is 1.72. The second-order valence-corrected chi connectivity index (χ2v) is 13.1. The third-order valence-corrected chi connectivity index (χ3v) is 8.80. The van der Waals surface area contributed by atoms with Crippen molar-refractivity contribution < 1.29 is 23.8 Å². The summed E-state index contributed by atoms with van der Waals surface area (Å²) in [6, 6.07) is 3.14. The number of amides is 2. The SMILES string of the molecule is C[C@H](NC(=O)OC(C)(C)C)C(=O)N1CCC(CCn2cnc(=N)c3[nH]c(Sc4cc5c(cc4Br)OCO5)nc32)CC1. The molecule has 12 nitrogen and oxygen atoms in total. The quantitative estimate of drug-likeness (QED) is 0.341. The van der Waals surface area contributed by atoms with E-state index in [9.17, 15) is 9.59 Å². The van der Waals surface area contributed by atoms with Crippen LogP contribution in [0.4, 0.5) is 4.79 Å². The van der Waals surface area contributed by atoms with Crippen molar-refractivity contribution in [3.63, 3.8) is 0 Å². The van der Waals surface area contributed by atoms with E-state index in [0.717, 1.165) is 28.6 Å². The molecular weight excluding hydrogens is 614 g/mol. The molecule has 0 spiro atoms. The standard InChI is InChI=1S/C27H34BrN7O5S/c1-15(31-26(37)40-27(2,3)4)24(36)34-8-5-16(6-9-34)7-10-35-13-30-22(29)21-23(35)33-25(32-21)41-20-12-19-18(11-17(20)28)38-14-39-19/h11-13,15-16,29H,5-10,14H2,1-4H3,(H,31,37)(H,32,33)/t15-/m0/s1. The van der Waals surface area contributed by atoms with E-state index in [1.54, 1.807) is 34.0 Å². The van der Waals surface area contributed by atoms with Crippen molar-refractivity contribution in [3.05, 3.63) is 28.4 Å². The lowest BCUT2D eigenvalue weighted by Gasteiger charge is -2.34. The van der Waals surface area contributed by atoms with Gasteiger partial charge in [0.1, 0.15) is 17.2 Å². The van der Waals surface area contributed by atoms with Gasteiger partial charge in [-0.1, -0.05) is 11.8 Å². The minimum atomic E-state index is -0.648. The highest BCUT2D eigenvalue weighted by Gasteiger charge is 2.28. The first-order valence-electron chi connectivity index (χ1n) is 13.5. The Bertz CT molecular complexity index is 1510. The van der Waals surface area contributed by atoms with Crippen molar-refractivity contribution in [2.45, 2.75) is 75.2 Å². The van der Waals surface area contributed by atoms with Crippen LogP contribution in [0.15, 0.2) is 33.0 Å². The normalized spacial score (nSPS) is 16.2. The van der Waals surface area contributed by atoms with Crippen molar-refractivity contribution in [3.8, 4) is 11.5 Å². The maximum Gasteiger partial charge on any atom is 0.408 e. The molecule has 2 aromatic heterocycles. The van der Waals surface area contributed by atoms with Gasteiger partial charge in [0.25, 0.3) is 0 Å². The number of aromatic nitrogens is 4. The zero-order valence-corrected chi connectivity index (χ0v) is 25.9. The molecule has 14 heteroatoms. The summed E-state index contributed by atoms with van der Waals surface area (Å²) < 4.78 is 19.1. The topological polar surface area (TPSA) is 147 Å². The Balaban J connectivity index is 1.17. The van der Waals surface area contributed by atoms with E-state index in [2.05, 4.69) is 31.2 Å². The number of halogens is 1. The first-order chi connectivity index (χ1) is 19.5. The van der Waals surface area contributed by atoms with E-state index in [4.69, 9.17) is 24.6 Å². The van der Waals surface area contributed by atoms with Gasteiger partial charge in [0, 0.05) is 29.0 Å². The average Bonchev–Trinajstić information content (AvgIpc) is 3.54. The van der Waals surface area contributed by atoms with Crippen LogP contribution in [0, 0.1) is 11.3 Å². The number of piperidine rings is 1. The van der Waals surface area contributed by atoms with Crippen molar-refractivity contribution >= 4 is 50.9 Å². The van der Waals surface area contributed by atoms with Gasteiger partial charge >= 0.3 is 6.09 Å². The van der Waals surface area contributed by atoms with Crippen molar-refractivity contribution in [2.75, 3.05) is 19.9 Å². The predicted molar refractivity (Wildman–Crippen MR) is 155 cm³/mol. The number of aryl methyl sites for hydroxylation is 1. The lowest BCUT2D eigenvalue weighted by Crippen LogP contribution is -2.50. The molecule has 0 aliphatic carbocycles. The maximum absolute atomic E-state index is 12.9. The highest BCUT2D eigenvalue weighted by atomic mass is 79.9. The fourth-order valence-corrected chi connectivity index (χ4v) is 6.22. The first kappa shape index (κ1) is 29.2. The van der Waals surface area contributed by atoms with E-state index < -0.39 is 17.7 Å². The van der Waals surface area contributed by atoms with Crippen LogP contribution < -0.4 is 20.3 Å². The van der Waals surface area contributed by atoms with Gasteiger partial charge in [-0.25, -0.2) is 14.8 Å². The molecule has 41 heavy (non-hydrogen) atoms. The highest BCUT2D eigenvalue weighted by Crippen LogP contribution is 2.42. The zero-order valence-electron chi connectivity index (χ0n) is 23.5. The molecule has 0 bridgehead atoms. The number of carbonyl (C=O) groups excluding carboxylic acids is 2. The van der Waals surface area contributed by atoms with Crippen LogP contribution in [0.2, 0.25) is 0 Å². The summed E-state index contributed by atoms with van der Waals surface area (Å²) in [7, 11) is 0. The summed E-state index contributed by atoms with van der Waals surface area (Å²) in [5, 5.41) is 11.6. The summed E-state index contributed by atoms with van der Waals surface area (Å²) in [6.45, 7) is 9.22. The number of H-pyrrole nitrogens is 1. The number of nitrogens with zero attached hydrogens (tertiary/aromatic N) is 4. The van der Waals surface area contributed by atoms with E-state index in [-0.39, 0.29) is 18.2 Å². The molecule has 0 unspecified atom stereocenters. The number of rotatable bonds is 7. The second-order valence-electron chi connectivity index (χ2n) is 11.2. The van der Waals surface area contributed by atoms with E-state index in [1.165, 1.54) is 11.8 Å². The lowest BCUT2D eigenvalue weighted by molar-refractivity contribution is -0.134. The smallest absolute Gasteiger partial charge is 0.408 e. The van der Waals surface area contributed by atoms with Crippen LogP contribution in [0.1, 0.15) is 47.0 Å². The molecule has 1 fully saturated rings. The van der Waals surface area contributed by atoms with Crippen LogP contribution in [0.3, 0.4) is 0 Å². The maximum atomic E-state index is 12.9. The van der Waals surface area contributed by atoms with Crippen LogP contribution in [0.5, 0.6) is 11.5 Å². The van der Waals surface area contributed by atoms with Crippen molar-refractivity contribution in [2.24, 2.45) is 5.92 Å². The second kappa shape index (κ2) is 11.9. The molecule has 2 aliphatic rings. The molecule has 3 aromatic rings. The number of ether oxygens (including phenoxy) is 3. The molecule has 0 radical (unpaired) electrons. The molecule has 220 valence electrons. The highest BCUT2D eigenvalue weighted by molar-refractivity contribution is 9.10. The minimum absolute atomic E-state index is 0.101. The number of hydrogen-bond donors (Lipinski definition) is 3. The number of alkyl carbamates (subject to hydrolysis) is 1. The Labute approximate surface area is 250 Å². The van der Waals surface area contributed by atoms with Gasteiger partial charge in [-0.2, -0.15) is 0 Å².